The van der Waals surface area contributed by atoms with Crippen molar-refractivity contribution in [3.05, 3.63) is 53.1 Å². The second kappa shape index (κ2) is 7.81. The Bertz CT molecular complexity index is 652. The van der Waals surface area contributed by atoms with E-state index in [9.17, 15) is 0 Å². The van der Waals surface area contributed by atoms with Crippen LogP contribution in [0.2, 0.25) is 0 Å². The highest BCUT2D eigenvalue weighted by Gasteiger charge is 2.37. The fourth-order valence-electron chi connectivity index (χ4n) is 4.85. The summed E-state index contributed by atoms with van der Waals surface area (Å²) in [5, 5.41) is 3.98. The van der Waals surface area contributed by atoms with E-state index in [0.29, 0.717) is 23.8 Å². The van der Waals surface area contributed by atoms with Crippen molar-refractivity contribution >= 4 is 5.69 Å². The second-order valence-corrected chi connectivity index (χ2v) is 8.43. The molecule has 1 aliphatic heterocycles. The zero-order valence-electron chi connectivity index (χ0n) is 16.7. The smallest absolute Gasteiger partial charge is 0.0380 e. The third-order valence-electron chi connectivity index (χ3n) is 6.34. The van der Waals surface area contributed by atoms with E-state index in [1.165, 1.54) is 42.5 Å². The van der Waals surface area contributed by atoms with Gasteiger partial charge in [0.05, 0.1) is 0 Å². The van der Waals surface area contributed by atoms with Crippen molar-refractivity contribution in [1.82, 2.24) is 0 Å². The average Bonchev–Trinajstić information content (AvgIpc) is 2.60. The quantitative estimate of drug-likeness (QED) is 0.612. The number of hydrogen-bond acceptors (Lipinski definition) is 1. The molecule has 0 spiro atoms. The molecule has 2 aliphatic rings. The number of aryl methyl sites for hydroxylation is 1. The molecule has 0 aromatic heterocycles. The summed E-state index contributed by atoms with van der Waals surface area (Å²) in [6, 6.07) is 5.46. The zero-order valence-corrected chi connectivity index (χ0v) is 16.7. The predicted octanol–water partition coefficient (Wildman–Crippen LogP) is 6.95. The van der Waals surface area contributed by atoms with E-state index in [1.807, 2.05) is 0 Å². The molecule has 0 saturated carbocycles. The lowest BCUT2D eigenvalue weighted by Gasteiger charge is -2.43. The predicted molar refractivity (Wildman–Crippen MR) is 110 cm³/mol. The zero-order chi connectivity index (χ0) is 18.0. The highest BCUT2D eigenvalue weighted by Crippen LogP contribution is 2.45. The summed E-state index contributed by atoms with van der Waals surface area (Å²) in [4.78, 5) is 0. The standard InChI is InChI=1S/C24H35N/c1-6-7-13-20-18(5)22-15-21(16(2)3)17(4)14-23(22)25-24(20)19-11-9-8-10-12-19/h8-11,14-16,18-20,24-25H,6-7,12-13H2,1-5H3/t18-,19?,20+,24-/m0/s1. The number of benzene rings is 1. The van der Waals surface area contributed by atoms with E-state index < -0.39 is 0 Å². The van der Waals surface area contributed by atoms with Crippen molar-refractivity contribution < 1.29 is 0 Å². The van der Waals surface area contributed by atoms with Gasteiger partial charge < -0.3 is 5.32 Å². The highest BCUT2D eigenvalue weighted by atomic mass is 15.0. The van der Waals surface area contributed by atoms with Gasteiger partial charge in [-0.25, -0.2) is 0 Å². The van der Waals surface area contributed by atoms with Crippen LogP contribution in [0, 0.1) is 18.8 Å². The first-order valence-corrected chi connectivity index (χ1v) is 10.3. The topological polar surface area (TPSA) is 12.0 Å². The summed E-state index contributed by atoms with van der Waals surface area (Å²) in [6.45, 7) is 11.7. The number of hydrogen-bond donors (Lipinski definition) is 1. The Labute approximate surface area is 154 Å². The summed E-state index contributed by atoms with van der Waals surface area (Å²) < 4.78 is 0. The Morgan fingerprint density at radius 3 is 2.64 bits per heavy atom. The molecule has 1 aromatic carbocycles. The van der Waals surface area contributed by atoms with Gasteiger partial charge in [0.2, 0.25) is 0 Å². The summed E-state index contributed by atoms with van der Waals surface area (Å²) in [7, 11) is 0. The molecule has 1 N–H and O–H groups in total. The Morgan fingerprint density at radius 2 is 2.00 bits per heavy atom. The van der Waals surface area contributed by atoms with Crippen LogP contribution in [-0.2, 0) is 0 Å². The molecule has 0 saturated heterocycles. The van der Waals surface area contributed by atoms with Crippen molar-refractivity contribution in [2.45, 2.75) is 78.2 Å². The maximum Gasteiger partial charge on any atom is 0.0380 e. The first-order chi connectivity index (χ1) is 12.0. The summed E-state index contributed by atoms with van der Waals surface area (Å²) in [5.41, 5.74) is 5.87. The molecule has 1 heteroatoms. The molecule has 1 aliphatic carbocycles. The van der Waals surface area contributed by atoms with Gasteiger partial charge in [0, 0.05) is 17.6 Å². The molecular formula is C24H35N. The fraction of sp³-hybridized carbons (Fsp3) is 0.583. The van der Waals surface area contributed by atoms with E-state index >= 15 is 0 Å². The molecule has 4 atom stereocenters. The molecule has 3 rings (SSSR count). The summed E-state index contributed by atoms with van der Waals surface area (Å²) in [6.07, 6.45) is 14.3. The van der Waals surface area contributed by atoms with Gasteiger partial charge in [0.25, 0.3) is 0 Å². The van der Waals surface area contributed by atoms with Crippen molar-refractivity contribution in [3.63, 3.8) is 0 Å². The van der Waals surface area contributed by atoms with Gasteiger partial charge in [0.1, 0.15) is 0 Å². The minimum absolute atomic E-state index is 0.555. The van der Waals surface area contributed by atoms with Gasteiger partial charge in [-0.15, -0.1) is 0 Å². The summed E-state index contributed by atoms with van der Waals surface area (Å²) >= 11 is 0. The minimum atomic E-state index is 0.555. The van der Waals surface area contributed by atoms with Gasteiger partial charge >= 0.3 is 0 Å². The average molecular weight is 338 g/mol. The molecule has 0 amide bonds. The lowest BCUT2D eigenvalue weighted by atomic mass is 9.70. The van der Waals surface area contributed by atoms with Crippen molar-refractivity contribution in [3.8, 4) is 0 Å². The molecule has 0 bridgehead atoms. The van der Waals surface area contributed by atoms with Gasteiger partial charge in [-0.05, 0) is 60.3 Å². The number of anilines is 1. The van der Waals surface area contributed by atoms with Crippen molar-refractivity contribution in [1.29, 1.82) is 0 Å². The Morgan fingerprint density at radius 1 is 1.20 bits per heavy atom. The molecule has 1 heterocycles. The Balaban J connectivity index is 1.97. The van der Waals surface area contributed by atoms with Crippen LogP contribution in [0.25, 0.3) is 0 Å². The van der Waals surface area contributed by atoms with Crippen LogP contribution in [-0.4, -0.2) is 6.04 Å². The minimum Gasteiger partial charge on any atom is -0.381 e. The normalized spacial score (nSPS) is 28.1. The van der Waals surface area contributed by atoms with Crippen LogP contribution in [0.15, 0.2) is 36.4 Å². The van der Waals surface area contributed by atoms with Gasteiger partial charge in [-0.3, -0.25) is 0 Å². The van der Waals surface area contributed by atoms with E-state index in [-0.39, 0.29) is 0 Å². The van der Waals surface area contributed by atoms with Crippen molar-refractivity contribution in [2.24, 2.45) is 11.8 Å². The Kier molecular flexibility index (Phi) is 5.71. The lowest BCUT2D eigenvalue weighted by molar-refractivity contribution is 0.292. The number of unbranched alkanes of at least 4 members (excludes halogenated alkanes) is 1. The first-order valence-electron chi connectivity index (χ1n) is 10.3. The monoisotopic (exact) mass is 337 g/mol. The van der Waals surface area contributed by atoms with E-state index in [0.717, 1.165) is 5.92 Å². The van der Waals surface area contributed by atoms with Gasteiger partial charge in [-0.1, -0.05) is 70.9 Å². The molecule has 1 nitrogen and oxygen atoms in total. The van der Waals surface area contributed by atoms with Crippen LogP contribution in [0.5, 0.6) is 0 Å². The van der Waals surface area contributed by atoms with E-state index in [4.69, 9.17) is 0 Å². The van der Waals surface area contributed by atoms with Crippen LogP contribution in [0.4, 0.5) is 5.69 Å². The SMILES string of the molecule is CCCC[C@@H]1[C@H](C)c2cc(C(C)C)c(C)cc2N[C@H]1C1C=CC=CC1. The first kappa shape index (κ1) is 18.3. The molecule has 0 fully saturated rings. The van der Waals surface area contributed by atoms with Gasteiger partial charge in [0.15, 0.2) is 0 Å². The highest BCUT2D eigenvalue weighted by molar-refractivity contribution is 5.60. The van der Waals surface area contributed by atoms with Crippen LogP contribution in [0.3, 0.4) is 0 Å². The fourth-order valence-corrected chi connectivity index (χ4v) is 4.85. The third-order valence-corrected chi connectivity index (χ3v) is 6.34. The molecule has 25 heavy (non-hydrogen) atoms. The third kappa shape index (κ3) is 3.71. The van der Waals surface area contributed by atoms with Gasteiger partial charge in [-0.2, -0.15) is 0 Å². The van der Waals surface area contributed by atoms with E-state index in [2.05, 4.69) is 76.4 Å². The lowest BCUT2D eigenvalue weighted by Crippen LogP contribution is -2.42. The maximum atomic E-state index is 3.98. The molecule has 0 radical (unpaired) electrons. The molecule has 1 aromatic rings. The number of rotatable bonds is 5. The number of fused-ring (bicyclic) bond motifs is 1. The maximum absolute atomic E-state index is 3.98. The molecule has 1 unspecified atom stereocenters. The largest absolute Gasteiger partial charge is 0.381 e. The molecular weight excluding hydrogens is 302 g/mol. The van der Waals surface area contributed by atoms with E-state index in [1.54, 1.807) is 5.56 Å². The Hall–Kier alpha value is -1.50. The molecule has 136 valence electrons. The number of allylic oxidation sites excluding steroid dienone is 3. The van der Waals surface area contributed by atoms with Crippen LogP contribution < -0.4 is 5.32 Å². The van der Waals surface area contributed by atoms with Crippen LogP contribution >= 0.6 is 0 Å². The second-order valence-electron chi connectivity index (χ2n) is 8.43. The van der Waals surface area contributed by atoms with Crippen molar-refractivity contribution in [2.75, 3.05) is 5.32 Å². The number of nitrogens with one attached hydrogen (secondary N) is 1. The van der Waals surface area contributed by atoms with Crippen LogP contribution in [0.1, 0.15) is 81.9 Å². The summed E-state index contributed by atoms with van der Waals surface area (Å²) in [5.74, 6) is 2.56.